The van der Waals surface area contributed by atoms with Crippen molar-refractivity contribution >= 4 is 21.6 Å². The Morgan fingerprint density at radius 2 is 2.10 bits per heavy atom. The van der Waals surface area contributed by atoms with Gasteiger partial charge in [0.2, 0.25) is 0 Å². The molecule has 6 heteroatoms. The van der Waals surface area contributed by atoms with E-state index in [9.17, 15) is 8.42 Å². The van der Waals surface area contributed by atoms with E-state index in [4.69, 9.17) is 4.74 Å². The van der Waals surface area contributed by atoms with Gasteiger partial charge < -0.3 is 10.1 Å². The average molecular weight is 317 g/mol. The third-order valence-corrected chi connectivity index (χ3v) is 5.26. The van der Waals surface area contributed by atoms with E-state index in [1.54, 1.807) is 18.9 Å². The van der Waals surface area contributed by atoms with Gasteiger partial charge in [-0.05, 0) is 20.0 Å². The van der Waals surface area contributed by atoms with E-state index in [2.05, 4.69) is 11.4 Å². The van der Waals surface area contributed by atoms with E-state index in [0.29, 0.717) is 5.75 Å². The first kappa shape index (κ1) is 17.3. The normalized spacial score (nSPS) is 13.2. The highest BCUT2D eigenvalue weighted by Crippen LogP contribution is 2.28. The Kier molecular flexibility index (Phi) is 6.85. The third-order valence-electron chi connectivity index (χ3n) is 2.99. The Morgan fingerprint density at radius 3 is 2.65 bits per heavy atom. The molecule has 0 radical (unpaired) electrons. The quantitative estimate of drug-likeness (QED) is 0.744. The minimum atomic E-state index is -2.88. The second kappa shape index (κ2) is 7.90. The van der Waals surface area contributed by atoms with Crippen LogP contribution in [0.4, 0.5) is 0 Å². The number of hydrogen-bond donors (Lipinski definition) is 1. The van der Waals surface area contributed by atoms with Crippen molar-refractivity contribution in [2.75, 3.05) is 37.7 Å². The van der Waals surface area contributed by atoms with Gasteiger partial charge in [-0.25, -0.2) is 8.42 Å². The van der Waals surface area contributed by atoms with E-state index >= 15 is 0 Å². The summed E-state index contributed by atoms with van der Waals surface area (Å²) in [5, 5.41) is 3.27. The molecule has 0 aromatic heterocycles. The predicted octanol–water partition coefficient (Wildman–Crippen LogP) is 2.04. The highest BCUT2D eigenvalue weighted by atomic mass is 32.2. The molecule has 0 spiro atoms. The van der Waals surface area contributed by atoms with Gasteiger partial charge in [-0.3, -0.25) is 0 Å². The molecule has 1 rings (SSSR count). The third kappa shape index (κ3) is 5.73. The molecular weight excluding hydrogens is 294 g/mol. The fraction of sp³-hybridized carbons (Fsp3) is 0.571. The summed E-state index contributed by atoms with van der Waals surface area (Å²) in [7, 11) is 0.692. The van der Waals surface area contributed by atoms with Crippen molar-refractivity contribution < 1.29 is 13.2 Å². The zero-order valence-electron chi connectivity index (χ0n) is 12.5. The SMILES string of the molecule is CNC(CSCCS(C)(=O)=O)c1cc(C)ccc1OC. The largest absolute Gasteiger partial charge is 0.496 e. The van der Waals surface area contributed by atoms with Crippen LogP contribution in [0.1, 0.15) is 17.2 Å². The number of ether oxygens (including phenoxy) is 1. The lowest BCUT2D eigenvalue weighted by Gasteiger charge is -2.19. The van der Waals surface area contributed by atoms with Gasteiger partial charge in [-0.15, -0.1) is 0 Å². The van der Waals surface area contributed by atoms with Crippen molar-refractivity contribution in [3.8, 4) is 5.75 Å². The molecule has 0 bridgehead atoms. The van der Waals surface area contributed by atoms with E-state index in [-0.39, 0.29) is 11.8 Å². The fourth-order valence-electron chi connectivity index (χ4n) is 1.87. The van der Waals surface area contributed by atoms with Crippen LogP contribution in [0.3, 0.4) is 0 Å². The summed E-state index contributed by atoms with van der Waals surface area (Å²) in [4.78, 5) is 0. The van der Waals surface area contributed by atoms with Gasteiger partial charge >= 0.3 is 0 Å². The van der Waals surface area contributed by atoms with Crippen molar-refractivity contribution in [3.05, 3.63) is 29.3 Å². The molecule has 1 unspecified atom stereocenters. The van der Waals surface area contributed by atoms with Crippen LogP contribution in [0.2, 0.25) is 0 Å². The Morgan fingerprint density at radius 1 is 1.40 bits per heavy atom. The van der Waals surface area contributed by atoms with Gasteiger partial charge in [0.25, 0.3) is 0 Å². The van der Waals surface area contributed by atoms with Gasteiger partial charge in [0.15, 0.2) is 0 Å². The number of methoxy groups -OCH3 is 1. The molecule has 20 heavy (non-hydrogen) atoms. The number of thioether (sulfide) groups is 1. The van der Waals surface area contributed by atoms with E-state index < -0.39 is 9.84 Å². The maximum Gasteiger partial charge on any atom is 0.148 e. The molecule has 0 heterocycles. The first-order valence-electron chi connectivity index (χ1n) is 6.44. The molecule has 0 aliphatic rings. The minimum Gasteiger partial charge on any atom is -0.496 e. The van der Waals surface area contributed by atoms with Gasteiger partial charge in [-0.1, -0.05) is 17.7 Å². The lowest BCUT2D eigenvalue weighted by Crippen LogP contribution is -2.20. The van der Waals surface area contributed by atoms with Gasteiger partial charge in [0.05, 0.1) is 12.9 Å². The number of benzene rings is 1. The molecule has 1 aromatic rings. The molecule has 0 amide bonds. The van der Waals surface area contributed by atoms with Crippen molar-refractivity contribution in [3.63, 3.8) is 0 Å². The van der Waals surface area contributed by atoms with E-state index in [1.165, 1.54) is 11.8 Å². The standard InChI is InChI=1S/C14H23NO3S2/c1-11-5-6-14(18-3)12(9-11)13(15-2)10-19-7-8-20(4,16)17/h5-6,9,13,15H,7-8,10H2,1-4H3. The maximum atomic E-state index is 11.1. The number of rotatable bonds is 8. The predicted molar refractivity (Wildman–Crippen MR) is 86.6 cm³/mol. The Bertz CT molecular complexity index is 529. The minimum absolute atomic E-state index is 0.148. The summed E-state index contributed by atoms with van der Waals surface area (Å²) in [6.07, 6.45) is 1.27. The summed E-state index contributed by atoms with van der Waals surface area (Å²) >= 11 is 1.64. The van der Waals surface area contributed by atoms with Crippen LogP contribution in [0.25, 0.3) is 0 Å². The van der Waals surface area contributed by atoms with Crippen LogP contribution in [0.15, 0.2) is 18.2 Å². The molecule has 0 saturated carbocycles. The van der Waals surface area contributed by atoms with Crippen molar-refractivity contribution in [1.82, 2.24) is 5.32 Å². The van der Waals surface area contributed by atoms with Crippen LogP contribution in [-0.4, -0.2) is 46.1 Å². The van der Waals surface area contributed by atoms with Crippen LogP contribution >= 0.6 is 11.8 Å². The maximum absolute atomic E-state index is 11.1. The molecule has 4 nitrogen and oxygen atoms in total. The smallest absolute Gasteiger partial charge is 0.148 e. The summed E-state index contributed by atoms with van der Waals surface area (Å²) in [6, 6.07) is 6.24. The van der Waals surface area contributed by atoms with Crippen LogP contribution in [0.5, 0.6) is 5.75 Å². The Hall–Kier alpha value is -0.720. The molecule has 1 atom stereocenters. The summed E-state index contributed by atoms with van der Waals surface area (Å²) < 4.78 is 27.6. The van der Waals surface area contributed by atoms with Crippen LogP contribution in [0, 0.1) is 6.92 Å². The zero-order chi connectivity index (χ0) is 15.2. The van der Waals surface area contributed by atoms with E-state index in [0.717, 1.165) is 17.1 Å². The summed E-state index contributed by atoms with van der Waals surface area (Å²) in [5.74, 6) is 2.51. The average Bonchev–Trinajstić information content (AvgIpc) is 2.37. The lowest BCUT2D eigenvalue weighted by molar-refractivity contribution is 0.404. The topological polar surface area (TPSA) is 55.4 Å². The first-order valence-corrected chi connectivity index (χ1v) is 9.66. The summed E-state index contributed by atoms with van der Waals surface area (Å²) in [5.41, 5.74) is 2.30. The molecular formula is C14H23NO3S2. The Balaban J connectivity index is 2.69. The fourth-order valence-corrected chi connectivity index (χ4v) is 4.30. The number of aryl methyl sites for hydroxylation is 1. The highest BCUT2D eigenvalue weighted by molar-refractivity contribution is 8.00. The second-order valence-corrected chi connectivity index (χ2v) is 8.20. The molecule has 114 valence electrons. The van der Waals surface area contributed by atoms with Crippen molar-refractivity contribution in [1.29, 1.82) is 0 Å². The van der Waals surface area contributed by atoms with Crippen molar-refractivity contribution in [2.24, 2.45) is 0 Å². The number of hydrogen-bond acceptors (Lipinski definition) is 5. The monoisotopic (exact) mass is 317 g/mol. The first-order chi connectivity index (χ1) is 9.37. The van der Waals surface area contributed by atoms with Crippen LogP contribution in [-0.2, 0) is 9.84 Å². The number of nitrogens with one attached hydrogen (secondary N) is 1. The second-order valence-electron chi connectivity index (χ2n) is 4.79. The van der Waals surface area contributed by atoms with Crippen molar-refractivity contribution in [2.45, 2.75) is 13.0 Å². The highest BCUT2D eigenvalue weighted by Gasteiger charge is 2.15. The molecule has 1 N–H and O–H groups in total. The molecule has 1 aromatic carbocycles. The number of sulfone groups is 1. The van der Waals surface area contributed by atoms with Gasteiger partial charge in [-0.2, -0.15) is 11.8 Å². The van der Waals surface area contributed by atoms with Gasteiger partial charge in [0, 0.05) is 29.4 Å². The summed E-state index contributed by atoms with van der Waals surface area (Å²) in [6.45, 7) is 2.05. The van der Waals surface area contributed by atoms with E-state index in [1.807, 2.05) is 26.1 Å². The Labute approximate surface area is 126 Å². The van der Waals surface area contributed by atoms with Gasteiger partial charge in [0.1, 0.15) is 15.6 Å². The van der Waals surface area contributed by atoms with Crippen LogP contribution < -0.4 is 10.1 Å². The molecule has 0 saturated heterocycles. The zero-order valence-corrected chi connectivity index (χ0v) is 14.1. The molecule has 0 fully saturated rings. The molecule has 0 aliphatic heterocycles. The molecule has 0 aliphatic carbocycles. The lowest BCUT2D eigenvalue weighted by atomic mass is 10.0.